The zero-order chi connectivity index (χ0) is 12.4. The maximum Gasteiger partial charge on any atom is 0.217 e. The number of carbonyl (C=O) groups excluding carboxylic acids is 1. The number of piperidine rings is 1. The van der Waals surface area contributed by atoms with Gasteiger partial charge in [0.2, 0.25) is 5.91 Å². The molecule has 0 bridgehead atoms. The molecule has 17 heavy (non-hydrogen) atoms. The molecule has 0 aromatic carbocycles. The molecule has 0 spiro atoms. The summed E-state index contributed by atoms with van der Waals surface area (Å²) in [4.78, 5) is 19.2. The smallest absolute Gasteiger partial charge is 0.217 e. The summed E-state index contributed by atoms with van der Waals surface area (Å²) in [6.07, 6.45) is 2.18. The second kappa shape index (κ2) is 5.04. The van der Waals surface area contributed by atoms with Crippen LogP contribution in [-0.2, 0) is 4.79 Å². The van der Waals surface area contributed by atoms with Gasteiger partial charge < -0.3 is 10.2 Å². The molecule has 1 unspecified atom stereocenters. The molecule has 94 valence electrons. The van der Waals surface area contributed by atoms with E-state index in [0.29, 0.717) is 0 Å². The van der Waals surface area contributed by atoms with Crippen LogP contribution < -0.4 is 10.2 Å². The summed E-state index contributed by atoms with van der Waals surface area (Å²) in [6.45, 7) is 7.65. The number of aromatic nitrogens is 1. The summed E-state index contributed by atoms with van der Waals surface area (Å²) in [5, 5.41) is 4.09. The minimum atomic E-state index is 0.0587. The van der Waals surface area contributed by atoms with Gasteiger partial charge in [-0.2, -0.15) is 0 Å². The number of carbonyl (C=O) groups is 1. The number of aryl methyl sites for hydroxylation is 2. The Balaban J connectivity index is 2.04. The molecule has 2 rings (SSSR count). The van der Waals surface area contributed by atoms with Gasteiger partial charge >= 0.3 is 0 Å². The minimum Gasteiger partial charge on any atom is -0.352 e. The predicted octanol–water partition coefficient (Wildman–Crippen LogP) is 1.86. The van der Waals surface area contributed by atoms with Crippen molar-refractivity contribution in [3.05, 3.63) is 10.6 Å². The van der Waals surface area contributed by atoms with Crippen LogP contribution in [0.1, 0.15) is 30.3 Å². The van der Waals surface area contributed by atoms with Gasteiger partial charge in [-0.1, -0.05) is 0 Å². The van der Waals surface area contributed by atoms with Crippen LogP contribution in [0, 0.1) is 13.8 Å². The fourth-order valence-electron chi connectivity index (χ4n) is 2.15. The first-order chi connectivity index (χ1) is 8.06. The van der Waals surface area contributed by atoms with Crippen molar-refractivity contribution in [2.24, 2.45) is 0 Å². The standard InChI is InChI=1S/C12H19N3OS/c1-8-9(2)17-12(13-8)15-6-4-5-11(7-15)14-10(3)16/h11H,4-7H2,1-3H3,(H,14,16). The van der Waals surface area contributed by atoms with E-state index in [0.717, 1.165) is 36.8 Å². The van der Waals surface area contributed by atoms with Gasteiger partial charge in [-0.05, 0) is 26.7 Å². The quantitative estimate of drug-likeness (QED) is 0.875. The van der Waals surface area contributed by atoms with E-state index in [-0.39, 0.29) is 11.9 Å². The Morgan fingerprint density at radius 1 is 1.53 bits per heavy atom. The highest BCUT2D eigenvalue weighted by Gasteiger charge is 2.22. The van der Waals surface area contributed by atoms with Crippen LogP contribution >= 0.6 is 11.3 Å². The first-order valence-electron chi connectivity index (χ1n) is 6.02. The van der Waals surface area contributed by atoms with Crippen molar-refractivity contribution in [3.63, 3.8) is 0 Å². The van der Waals surface area contributed by atoms with Crippen LogP contribution in [0.2, 0.25) is 0 Å². The zero-order valence-electron chi connectivity index (χ0n) is 10.6. The lowest BCUT2D eigenvalue weighted by Crippen LogP contribution is -2.47. The predicted molar refractivity (Wildman–Crippen MR) is 70.6 cm³/mol. The van der Waals surface area contributed by atoms with E-state index in [2.05, 4.69) is 22.1 Å². The van der Waals surface area contributed by atoms with Gasteiger partial charge in [0.1, 0.15) is 0 Å². The highest BCUT2D eigenvalue weighted by molar-refractivity contribution is 7.15. The van der Waals surface area contributed by atoms with Crippen LogP contribution in [0.5, 0.6) is 0 Å². The maximum absolute atomic E-state index is 11.1. The number of rotatable bonds is 2. The zero-order valence-corrected chi connectivity index (χ0v) is 11.4. The molecule has 5 heteroatoms. The first-order valence-corrected chi connectivity index (χ1v) is 6.84. The Hall–Kier alpha value is -1.10. The highest BCUT2D eigenvalue weighted by atomic mass is 32.1. The van der Waals surface area contributed by atoms with Gasteiger partial charge in [0, 0.05) is 30.9 Å². The maximum atomic E-state index is 11.1. The lowest BCUT2D eigenvalue weighted by Gasteiger charge is -2.32. The van der Waals surface area contributed by atoms with E-state index in [1.165, 1.54) is 4.88 Å². The molecule has 1 fully saturated rings. The molecule has 0 saturated carbocycles. The molecule has 0 radical (unpaired) electrons. The number of thiazole rings is 1. The second-order valence-electron chi connectivity index (χ2n) is 4.62. The largest absolute Gasteiger partial charge is 0.352 e. The fraction of sp³-hybridized carbons (Fsp3) is 0.667. The van der Waals surface area contributed by atoms with E-state index in [1.54, 1.807) is 18.3 Å². The average molecular weight is 253 g/mol. The summed E-state index contributed by atoms with van der Waals surface area (Å²) >= 11 is 1.74. The normalized spacial score (nSPS) is 20.4. The Kier molecular flexibility index (Phi) is 3.66. The average Bonchev–Trinajstić information content (AvgIpc) is 2.59. The van der Waals surface area contributed by atoms with Crippen molar-refractivity contribution >= 4 is 22.4 Å². The third kappa shape index (κ3) is 2.97. The lowest BCUT2D eigenvalue weighted by molar-refractivity contribution is -0.119. The summed E-state index contributed by atoms with van der Waals surface area (Å²) in [6, 6.07) is 0.269. The van der Waals surface area contributed by atoms with Crippen LogP contribution in [0.4, 0.5) is 5.13 Å². The number of anilines is 1. The van der Waals surface area contributed by atoms with Crippen LogP contribution in [0.3, 0.4) is 0 Å². The summed E-state index contributed by atoms with van der Waals surface area (Å²) in [5.41, 5.74) is 1.12. The van der Waals surface area contributed by atoms with Crippen LogP contribution in [0.15, 0.2) is 0 Å². The highest BCUT2D eigenvalue weighted by Crippen LogP contribution is 2.27. The molecule has 1 aliphatic rings. The SMILES string of the molecule is CC(=O)NC1CCCN(c2nc(C)c(C)s2)C1. The van der Waals surface area contributed by atoms with Gasteiger partial charge in [-0.15, -0.1) is 11.3 Å². The summed E-state index contributed by atoms with van der Waals surface area (Å²) in [7, 11) is 0. The fourth-order valence-corrected chi connectivity index (χ4v) is 3.09. The van der Waals surface area contributed by atoms with E-state index >= 15 is 0 Å². The molecule has 1 aliphatic heterocycles. The van der Waals surface area contributed by atoms with Crippen LogP contribution in [0.25, 0.3) is 0 Å². The first kappa shape index (κ1) is 12.4. The summed E-state index contributed by atoms with van der Waals surface area (Å²) in [5.74, 6) is 0.0587. The number of amides is 1. The van der Waals surface area contributed by atoms with E-state index in [1.807, 2.05) is 6.92 Å². The van der Waals surface area contributed by atoms with Crippen molar-refractivity contribution < 1.29 is 4.79 Å². The summed E-state index contributed by atoms with van der Waals surface area (Å²) < 4.78 is 0. The molecule has 1 atom stereocenters. The number of hydrogen-bond donors (Lipinski definition) is 1. The topological polar surface area (TPSA) is 45.2 Å². The third-order valence-corrected chi connectivity index (χ3v) is 4.25. The lowest BCUT2D eigenvalue weighted by atomic mass is 10.1. The van der Waals surface area contributed by atoms with Crippen molar-refractivity contribution in [2.45, 2.75) is 39.7 Å². The minimum absolute atomic E-state index is 0.0587. The van der Waals surface area contributed by atoms with Gasteiger partial charge in [0.15, 0.2) is 5.13 Å². The number of nitrogens with zero attached hydrogens (tertiary/aromatic N) is 2. The van der Waals surface area contributed by atoms with Gasteiger partial charge in [0.05, 0.1) is 5.69 Å². The van der Waals surface area contributed by atoms with Crippen LogP contribution in [-0.4, -0.2) is 30.0 Å². The Morgan fingerprint density at radius 2 is 2.29 bits per heavy atom. The van der Waals surface area contributed by atoms with Crippen molar-refractivity contribution in [1.82, 2.24) is 10.3 Å². The molecular weight excluding hydrogens is 234 g/mol. The molecule has 4 nitrogen and oxygen atoms in total. The monoisotopic (exact) mass is 253 g/mol. The molecule has 1 amide bonds. The van der Waals surface area contributed by atoms with E-state index < -0.39 is 0 Å². The number of hydrogen-bond acceptors (Lipinski definition) is 4. The molecule has 1 N–H and O–H groups in total. The van der Waals surface area contributed by atoms with Crippen molar-refractivity contribution in [2.75, 3.05) is 18.0 Å². The Labute approximate surface area is 106 Å². The molecule has 1 aromatic rings. The molecular formula is C12H19N3OS. The molecule has 2 heterocycles. The number of nitrogens with one attached hydrogen (secondary N) is 1. The third-order valence-electron chi connectivity index (χ3n) is 3.12. The van der Waals surface area contributed by atoms with Gasteiger partial charge in [-0.25, -0.2) is 4.98 Å². The van der Waals surface area contributed by atoms with Gasteiger partial charge in [-0.3, -0.25) is 4.79 Å². The Bertz CT molecular complexity index is 396. The molecule has 0 aliphatic carbocycles. The molecule has 1 saturated heterocycles. The van der Waals surface area contributed by atoms with Crippen molar-refractivity contribution in [3.8, 4) is 0 Å². The molecule has 1 aromatic heterocycles. The second-order valence-corrected chi connectivity index (χ2v) is 5.81. The van der Waals surface area contributed by atoms with Crippen molar-refractivity contribution in [1.29, 1.82) is 0 Å². The van der Waals surface area contributed by atoms with E-state index in [4.69, 9.17) is 0 Å². The van der Waals surface area contributed by atoms with Gasteiger partial charge in [0.25, 0.3) is 0 Å². The van der Waals surface area contributed by atoms with E-state index in [9.17, 15) is 4.79 Å². The Morgan fingerprint density at radius 3 is 2.88 bits per heavy atom.